The van der Waals surface area contributed by atoms with Crippen LogP contribution in [0.15, 0.2) is 18.2 Å². The van der Waals surface area contributed by atoms with Crippen molar-refractivity contribution in [2.45, 2.75) is 37.6 Å². The van der Waals surface area contributed by atoms with Gasteiger partial charge in [0.1, 0.15) is 5.82 Å². The van der Waals surface area contributed by atoms with Crippen LogP contribution < -0.4 is 5.32 Å². The second kappa shape index (κ2) is 6.01. The van der Waals surface area contributed by atoms with Crippen molar-refractivity contribution < 1.29 is 27.1 Å². The summed E-state index contributed by atoms with van der Waals surface area (Å²) in [6, 6.07) is 1.59. The van der Waals surface area contributed by atoms with E-state index >= 15 is 0 Å². The van der Waals surface area contributed by atoms with Crippen LogP contribution in [0.3, 0.4) is 0 Å². The summed E-state index contributed by atoms with van der Waals surface area (Å²) >= 11 is 0. The van der Waals surface area contributed by atoms with Crippen molar-refractivity contribution in [2.24, 2.45) is 0 Å². The van der Waals surface area contributed by atoms with E-state index in [0.29, 0.717) is 31.0 Å². The van der Waals surface area contributed by atoms with Crippen molar-refractivity contribution >= 4 is 5.91 Å². The van der Waals surface area contributed by atoms with E-state index in [9.17, 15) is 22.4 Å². The van der Waals surface area contributed by atoms with Gasteiger partial charge in [0, 0.05) is 13.2 Å². The van der Waals surface area contributed by atoms with E-state index in [1.54, 1.807) is 7.11 Å². The van der Waals surface area contributed by atoms with E-state index in [1.807, 2.05) is 0 Å². The molecule has 1 aromatic rings. The van der Waals surface area contributed by atoms with Gasteiger partial charge in [0.05, 0.1) is 17.2 Å². The number of amides is 1. The van der Waals surface area contributed by atoms with E-state index in [4.69, 9.17) is 4.74 Å². The molecule has 2 rings (SSSR count). The number of ether oxygens (including phenoxy) is 1. The van der Waals surface area contributed by atoms with Gasteiger partial charge in [-0.25, -0.2) is 4.39 Å². The molecule has 0 spiro atoms. The molecule has 1 aliphatic carbocycles. The Labute approximate surface area is 119 Å². The highest BCUT2D eigenvalue weighted by Gasteiger charge is 2.32. The van der Waals surface area contributed by atoms with E-state index in [2.05, 4.69) is 5.32 Å². The number of carbonyl (C=O) groups is 1. The second-order valence-electron chi connectivity index (χ2n) is 5.03. The van der Waals surface area contributed by atoms with E-state index in [-0.39, 0.29) is 12.1 Å². The minimum Gasteiger partial charge on any atom is -0.381 e. The number of alkyl halides is 3. The van der Waals surface area contributed by atoms with Crippen LogP contribution >= 0.6 is 0 Å². The Bertz CT molecular complexity index is 530. The molecule has 2 unspecified atom stereocenters. The number of rotatable bonds is 3. The number of carbonyl (C=O) groups excluding carboxylic acids is 1. The number of benzene rings is 1. The fraction of sp³-hybridized carbons (Fsp3) is 0.500. The SMILES string of the molecule is COC1CCC(NC(=O)c2cc(C(F)(F)F)ccc2F)C1. The highest BCUT2D eigenvalue weighted by molar-refractivity contribution is 5.94. The van der Waals surface area contributed by atoms with Crippen molar-refractivity contribution in [3.05, 3.63) is 35.1 Å². The van der Waals surface area contributed by atoms with Crippen molar-refractivity contribution in [1.29, 1.82) is 0 Å². The van der Waals surface area contributed by atoms with Crippen molar-refractivity contribution in [3.63, 3.8) is 0 Å². The molecule has 1 fully saturated rings. The van der Waals surface area contributed by atoms with Crippen LogP contribution in [0, 0.1) is 5.82 Å². The third-order valence-electron chi connectivity index (χ3n) is 3.59. The summed E-state index contributed by atoms with van der Waals surface area (Å²) < 4.78 is 56.5. The molecule has 116 valence electrons. The first-order chi connectivity index (χ1) is 9.81. The average molecular weight is 305 g/mol. The van der Waals surface area contributed by atoms with Crippen molar-refractivity contribution in [2.75, 3.05) is 7.11 Å². The minimum atomic E-state index is -4.61. The largest absolute Gasteiger partial charge is 0.416 e. The molecule has 1 N–H and O–H groups in total. The van der Waals surface area contributed by atoms with Crippen LogP contribution in [-0.2, 0) is 10.9 Å². The summed E-state index contributed by atoms with van der Waals surface area (Å²) in [4.78, 5) is 11.9. The molecule has 0 saturated heterocycles. The van der Waals surface area contributed by atoms with Gasteiger partial charge in [-0.2, -0.15) is 13.2 Å². The van der Waals surface area contributed by atoms with Gasteiger partial charge in [-0.05, 0) is 37.5 Å². The quantitative estimate of drug-likeness (QED) is 0.871. The molecule has 0 radical (unpaired) electrons. The maximum Gasteiger partial charge on any atom is 0.416 e. The van der Waals surface area contributed by atoms with Crippen LogP contribution in [0.1, 0.15) is 35.2 Å². The molecule has 2 atom stereocenters. The summed E-state index contributed by atoms with van der Waals surface area (Å²) in [5, 5.41) is 2.55. The predicted molar refractivity (Wildman–Crippen MR) is 67.3 cm³/mol. The fourth-order valence-electron chi connectivity index (χ4n) is 2.42. The molecule has 21 heavy (non-hydrogen) atoms. The van der Waals surface area contributed by atoms with Crippen LogP contribution in [0.5, 0.6) is 0 Å². The molecular weight excluding hydrogens is 290 g/mol. The van der Waals surface area contributed by atoms with Crippen LogP contribution in [-0.4, -0.2) is 25.2 Å². The maximum atomic E-state index is 13.6. The zero-order valence-electron chi connectivity index (χ0n) is 11.3. The molecule has 0 aliphatic heterocycles. The summed E-state index contributed by atoms with van der Waals surface area (Å²) in [6.45, 7) is 0. The number of nitrogens with one attached hydrogen (secondary N) is 1. The molecule has 0 aromatic heterocycles. The number of hydrogen-bond acceptors (Lipinski definition) is 2. The predicted octanol–water partition coefficient (Wildman–Crippen LogP) is 3.14. The minimum absolute atomic E-state index is 0.0154. The molecule has 1 aliphatic rings. The lowest BCUT2D eigenvalue weighted by molar-refractivity contribution is -0.137. The average Bonchev–Trinajstić information content (AvgIpc) is 2.85. The summed E-state index contributed by atoms with van der Waals surface area (Å²) in [6.07, 6.45) is -2.61. The van der Waals surface area contributed by atoms with Crippen molar-refractivity contribution in [1.82, 2.24) is 5.32 Å². The fourth-order valence-corrected chi connectivity index (χ4v) is 2.42. The lowest BCUT2D eigenvalue weighted by Crippen LogP contribution is -2.34. The highest BCUT2D eigenvalue weighted by Crippen LogP contribution is 2.30. The summed E-state index contributed by atoms with van der Waals surface area (Å²) in [7, 11) is 1.56. The normalized spacial score (nSPS) is 22.3. The topological polar surface area (TPSA) is 38.3 Å². The highest BCUT2D eigenvalue weighted by atomic mass is 19.4. The van der Waals surface area contributed by atoms with Gasteiger partial charge in [-0.1, -0.05) is 0 Å². The lowest BCUT2D eigenvalue weighted by atomic mass is 10.1. The van der Waals surface area contributed by atoms with Crippen LogP contribution in [0.25, 0.3) is 0 Å². The molecule has 0 bridgehead atoms. The van der Waals surface area contributed by atoms with Gasteiger partial charge in [-0.15, -0.1) is 0 Å². The monoisotopic (exact) mass is 305 g/mol. The Kier molecular flexibility index (Phi) is 4.51. The summed E-state index contributed by atoms with van der Waals surface area (Å²) in [5.74, 6) is -1.80. The first kappa shape index (κ1) is 15.8. The maximum absolute atomic E-state index is 13.6. The first-order valence-corrected chi connectivity index (χ1v) is 6.51. The molecule has 0 heterocycles. The van der Waals surface area contributed by atoms with E-state index in [0.717, 1.165) is 6.42 Å². The Balaban J connectivity index is 2.12. The Hall–Kier alpha value is -1.63. The second-order valence-corrected chi connectivity index (χ2v) is 5.03. The van der Waals surface area contributed by atoms with Gasteiger partial charge in [0.25, 0.3) is 5.91 Å². The molecule has 7 heteroatoms. The molecule has 1 amide bonds. The molecular formula is C14H15F4NO2. The van der Waals surface area contributed by atoms with E-state index in [1.165, 1.54) is 0 Å². The third-order valence-corrected chi connectivity index (χ3v) is 3.59. The van der Waals surface area contributed by atoms with Crippen molar-refractivity contribution in [3.8, 4) is 0 Å². The Morgan fingerprint density at radius 2 is 2.05 bits per heavy atom. The van der Waals surface area contributed by atoms with Gasteiger partial charge in [0.2, 0.25) is 0 Å². The Morgan fingerprint density at radius 3 is 2.62 bits per heavy atom. The summed E-state index contributed by atoms with van der Waals surface area (Å²) in [5.41, 5.74) is -1.64. The third kappa shape index (κ3) is 3.72. The molecule has 1 saturated carbocycles. The van der Waals surface area contributed by atoms with E-state index < -0.39 is 29.0 Å². The van der Waals surface area contributed by atoms with Crippen LogP contribution in [0.2, 0.25) is 0 Å². The molecule has 3 nitrogen and oxygen atoms in total. The van der Waals surface area contributed by atoms with Gasteiger partial charge in [0.15, 0.2) is 0 Å². The first-order valence-electron chi connectivity index (χ1n) is 6.51. The Morgan fingerprint density at radius 1 is 1.33 bits per heavy atom. The van der Waals surface area contributed by atoms with Crippen LogP contribution in [0.4, 0.5) is 17.6 Å². The zero-order chi connectivity index (χ0) is 15.6. The molecule has 1 aromatic carbocycles. The van der Waals surface area contributed by atoms with Gasteiger partial charge < -0.3 is 10.1 Å². The number of methoxy groups -OCH3 is 1. The lowest BCUT2D eigenvalue weighted by Gasteiger charge is -2.14. The van der Waals surface area contributed by atoms with Gasteiger partial charge >= 0.3 is 6.18 Å². The number of hydrogen-bond donors (Lipinski definition) is 1. The zero-order valence-corrected chi connectivity index (χ0v) is 11.3. The number of halogens is 4. The smallest absolute Gasteiger partial charge is 0.381 e. The van der Waals surface area contributed by atoms with Gasteiger partial charge in [-0.3, -0.25) is 4.79 Å². The standard InChI is InChI=1S/C14H15F4NO2/c1-21-10-4-3-9(7-10)19-13(20)11-6-8(14(16,17)18)2-5-12(11)15/h2,5-6,9-10H,3-4,7H2,1H3,(H,19,20).